The van der Waals surface area contributed by atoms with E-state index in [2.05, 4.69) is 0 Å². The number of carbonyl (C=O) groups excluding carboxylic acids is 1. The monoisotopic (exact) mass is 348 g/mol. The van der Waals surface area contributed by atoms with Crippen LogP contribution < -0.4 is 4.74 Å². The molecule has 0 bridgehead atoms. The molecule has 0 amide bonds. The minimum absolute atomic E-state index is 0.108. The molecule has 0 aliphatic heterocycles. The summed E-state index contributed by atoms with van der Waals surface area (Å²) in [5.74, 6) is -0.108. The molecule has 2 aromatic rings. The zero-order valence-corrected chi connectivity index (χ0v) is 12.4. The lowest BCUT2D eigenvalue weighted by molar-refractivity contribution is -0.137. The normalized spacial score (nSPS) is 12.8. The van der Waals surface area contributed by atoms with E-state index in [-0.39, 0.29) is 5.75 Å². The molecule has 0 N–H and O–H groups in total. The molecule has 1 atom stereocenters. The smallest absolute Gasteiger partial charge is 0.416 e. The van der Waals surface area contributed by atoms with Crippen LogP contribution in [-0.4, -0.2) is 5.24 Å². The number of ether oxygens (including phenoxy) is 1. The molecule has 22 heavy (non-hydrogen) atoms. The fourth-order valence-corrected chi connectivity index (χ4v) is 2.06. The van der Waals surface area contributed by atoms with E-state index in [1.807, 2.05) is 0 Å². The van der Waals surface area contributed by atoms with Crippen LogP contribution in [0.25, 0.3) is 0 Å². The third-order valence-corrected chi connectivity index (χ3v) is 3.24. The van der Waals surface area contributed by atoms with Gasteiger partial charge < -0.3 is 4.74 Å². The molecule has 116 valence electrons. The molecule has 0 aromatic heterocycles. The van der Waals surface area contributed by atoms with Crippen molar-refractivity contribution in [2.45, 2.75) is 12.3 Å². The summed E-state index contributed by atoms with van der Waals surface area (Å²) in [4.78, 5) is 11.5. The minimum Gasteiger partial charge on any atom is -0.476 e. The van der Waals surface area contributed by atoms with Crippen LogP contribution in [-0.2, 0) is 11.0 Å². The van der Waals surface area contributed by atoms with Crippen molar-refractivity contribution in [2.75, 3.05) is 0 Å². The molecule has 2 rings (SSSR count). The summed E-state index contributed by atoms with van der Waals surface area (Å²) in [5, 5.41) is -0.400. The van der Waals surface area contributed by atoms with Crippen molar-refractivity contribution in [1.29, 1.82) is 0 Å². The van der Waals surface area contributed by atoms with E-state index in [4.69, 9.17) is 27.9 Å². The van der Waals surface area contributed by atoms with Gasteiger partial charge in [-0.15, -0.1) is 0 Å². The Morgan fingerprint density at radius 2 is 1.73 bits per heavy atom. The molecule has 0 heterocycles. The lowest BCUT2D eigenvalue weighted by atomic mass is 10.1. The number of hydrogen-bond donors (Lipinski definition) is 0. The highest BCUT2D eigenvalue weighted by atomic mass is 35.5. The number of carbonyl (C=O) groups is 1. The average Bonchev–Trinajstić information content (AvgIpc) is 2.45. The van der Waals surface area contributed by atoms with Gasteiger partial charge in [-0.25, -0.2) is 0 Å². The molecule has 7 heteroatoms. The van der Waals surface area contributed by atoms with Gasteiger partial charge in [-0.2, -0.15) is 13.2 Å². The largest absolute Gasteiger partial charge is 0.476 e. The first kappa shape index (κ1) is 16.6. The van der Waals surface area contributed by atoms with E-state index in [0.717, 1.165) is 12.1 Å². The van der Waals surface area contributed by atoms with Gasteiger partial charge in [0.1, 0.15) is 5.75 Å². The number of benzene rings is 2. The summed E-state index contributed by atoms with van der Waals surface area (Å²) in [6.45, 7) is 0. The van der Waals surface area contributed by atoms with Gasteiger partial charge in [0.15, 0.2) is 6.10 Å². The van der Waals surface area contributed by atoms with Crippen molar-refractivity contribution in [3.05, 3.63) is 64.7 Å². The van der Waals surface area contributed by atoms with Crippen LogP contribution in [0.4, 0.5) is 13.2 Å². The van der Waals surface area contributed by atoms with E-state index in [1.54, 1.807) is 0 Å². The van der Waals surface area contributed by atoms with Gasteiger partial charge in [0, 0.05) is 10.6 Å². The Morgan fingerprint density at radius 3 is 2.27 bits per heavy atom. The highest BCUT2D eigenvalue weighted by Crippen LogP contribution is 2.33. The molecule has 0 aliphatic rings. The van der Waals surface area contributed by atoms with E-state index in [9.17, 15) is 18.0 Å². The van der Waals surface area contributed by atoms with Gasteiger partial charge in [-0.1, -0.05) is 29.8 Å². The van der Waals surface area contributed by atoms with Crippen molar-refractivity contribution in [3.63, 3.8) is 0 Å². The average molecular weight is 349 g/mol. The Kier molecular flexibility index (Phi) is 4.98. The van der Waals surface area contributed by atoms with E-state index in [0.29, 0.717) is 10.6 Å². The standard InChI is InChI=1S/C15H9Cl2F3O2/c16-11-6-4-9(5-7-11)13(14(17)21)22-12-3-1-2-10(8-12)15(18,19)20/h1-8,13H. The van der Waals surface area contributed by atoms with E-state index in [1.165, 1.54) is 36.4 Å². The Balaban J connectivity index is 2.29. The van der Waals surface area contributed by atoms with Gasteiger partial charge in [0.25, 0.3) is 5.24 Å². The number of alkyl halides is 3. The molecule has 2 nitrogen and oxygen atoms in total. The van der Waals surface area contributed by atoms with Crippen LogP contribution in [0.3, 0.4) is 0 Å². The number of halogens is 5. The number of hydrogen-bond acceptors (Lipinski definition) is 2. The summed E-state index contributed by atoms with van der Waals surface area (Å²) in [7, 11) is 0. The first-order valence-corrected chi connectivity index (χ1v) is 6.81. The topological polar surface area (TPSA) is 26.3 Å². The maximum absolute atomic E-state index is 12.7. The quantitative estimate of drug-likeness (QED) is 0.706. The molecule has 0 spiro atoms. The van der Waals surface area contributed by atoms with Crippen LogP contribution in [0.2, 0.25) is 5.02 Å². The number of rotatable bonds is 4. The lowest BCUT2D eigenvalue weighted by Crippen LogP contribution is -2.15. The third kappa shape index (κ3) is 4.15. The van der Waals surface area contributed by atoms with Gasteiger partial charge in [0.2, 0.25) is 0 Å². The fourth-order valence-electron chi connectivity index (χ4n) is 1.76. The van der Waals surface area contributed by atoms with Crippen molar-refractivity contribution in [2.24, 2.45) is 0 Å². The molecule has 0 saturated heterocycles. The van der Waals surface area contributed by atoms with Crippen LogP contribution in [0.5, 0.6) is 5.75 Å². The van der Waals surface area contributed by atoms with Gasteiger partial charge >= 0.3 is 6.18 Å². The second-order valence-corrected chi connectivity index (χ2v) is 5.19. The van der Waals surface area contributed by atoms with E-state index < -0.39 is 23.1 Å². The lowest BCUT2D eigenvalue weighted by Gasteiger charge is -2.17. The van der Waals surface area contributed by atoms with Crippen LogP contribution >= 0.6 is 23.2 Å². The summed E-state index contributed by atoms with van der Waals surface area (Å²) >= 11 is 11.2. The molecular formula is C15H9Cl2F3O2. The zero-order valence-electron chi connectivity index (χ0n) is 10.9. The summed E-state index contributed by atoms with van der Waals surface area (Å²) < 4.78 is 43.3. The molecule has 2 aromatic carbocycles. The van der Waals surface area contributed by atoms with Crippen molar-refractivity contribution < 1.29 is 22.7 Å². The first-order valence-electron chi connectivity index (χ1n) is 6.06. The highest BCUT2D eigenvalue weighted by molar-refractivity contribution is 6.64. The summed E-state index contributed by atoms with van der Waals surface area (Å²) in [5.41, 5.74) is -0.483. The predicted molar refractivity (Wildman–Crippen MR) is 77.1 cm³/mol. The molecule has 1 unspecified atom stereocenters. The maximum Gasteiger partial charge on any atom is 0.416 e. The van der Waals surface area contributed by atoms with Crippen LogP contribution in [0, 0.1) is 0 Å². The van der Waals surface area contributed by atoms with Crippen LogP contribution in [0.1, 0.15) is 17.2 Å². The van der Waals surface area contributed by atoms with Crippen molar-refractivity contribution >= 4 is 28.4 Å². The molecule has 0 aliphatic carbocycles. The van der Waals surface area contributed by atoms with Gasteiger partial charge in [0.05, 0.1) is 5.56 Å². The molecule has 0 radical (unpaired) electrons. The molecule has 0 saturated carbocycles. The fraction of sp³-hybridized carbons (Fsp3) is 0.133. The highest BCUT2D eigenvalue weighted by Gasteiger charge is 2.31. The van der Waals surface area contributed by atoms with Gasteiger partial charge in [-0.3, -0.25) is 4.79 Å². The Labute approximate surface area is 134 Å². The second kappa shape index (κ2) is 6.58. The Bertz CT molecular complexity index is 669. The molecular weight excluding hydrogens is 340 g/mol. The molecule has 0 fully saturated rings. The third-order valence-electron chi connectivity index (χ3n) is 2.79. The SMILES string of the molecule is O=C(Cl)C(Oc1cccc(C(F)(F)F)c1)c1ccc(Cl)cc1. The first-order chi connectivity index (χ1) is 10.3. The Hall–Kier alpha value is -1.72. The van der Waals surface area contributed by atoms with Crippen molar-refractivity contribution in [1.82, 2.24) is 0 Å². The minimum atomic E-state index is -4.50. The zero-order chi connectivity index (χ0) is 16.3. The summed E-state index contributed by atoms with van der Waals surface area (Å²) in [6, 6.07) is 10.3. The Morgan fingerprint density at radius 1 is 1.09 bits per heavy atom. The van der Waals surface area contributed by atoms with Gasteiger partial charge in [-0.05, 0) is 41.9 Å². The second-order valence-electron chi connectivity index (χ2n) is 4.38. The van der Waals surface area contributed by atoms with Crippen molar-refractivity contribution in [3.8, 4) is 5.75 Å². The van der Waals surface area contributed by atoms with E-state index >= 15 is 0 Å². The maximum atomic E-state index is 12.7. The van der Waals surface area contributed by atoms with Crippen LogP contribution in [0.15, 0.2) is 48.5 Å². The predicted octanol–water partition coefficient (Wildman–Crippen LogP) is 5.24. The summed E-state index contributed by atoms with van der Waals surface area (Å²) in [6.07, 6.45) is -5.72.